The van der Waals surface area contributed by atoms with E-state index in [-0.39, 0.29) is 0 Å². The van der Waals surface area contributed by atoms with Gasteiger partial charge in [0.25, 0.3) is 0 Å². The van der Waals surface area contributed by atoms with Crippen molar-refractivity contribution in [3.05, 3.63) is 11.1 Å². The maximum absolute atomic E-state index is 13.3. The molecule has 0 spiro atoms. The Kier molecular flexibility index (Phi) is 2.15. The lowest BCUT2D eigenvalue weighted by Gasteiger charge is -2.54. The summed E-state index contributed by atoms with van der Waals surface area (Å²) in [6.45, 7) is 0. The number of aliphatic hydroxyl groups excluding tert-OH is 1. The number of halogens is 2. The summed E-state index contributed by atoms with van der Waals surface area (Å²) >= 11 is 0. The molecule has 3 nitrogen and oxygen atoms in total. The molecule has 0 heterocycles. The quantitative estimate of drug-likeness (QED) is 0.744. The lowest BCUT2D eigenvalue weighted by Crippen LogP contribution is -2.49. The summed E-state index contributed by atoms with van der Waals surface area (Å²) in [5.74, 6) is -5.27. The zero-order valence-corrected chi connectivity index (χ0v) is 9.20. The number of aliphatic carboxylic acids is 1. The van der Waals surface area contributed by atoms with Gasteiger partial charge in [-0.3, -0.25) is 0 Å². The molecule has 0 amide bonds. The highest BCUT2D eigenvalue weighted by atomic mass is 19.3. The maximum atomic E-state index is 13.3. The molecule has 0 radical (unpaired) electrons. The van der Waals surface area contributed by atoms with Crippen LogP contribution in [0.5, 0.6) is 0 Å². The molecule has 17 heavy (non-hydrogen) atoms. The second-order valence-corrected chi connectivity index (χ2v) is 5.48. The van der Waals surface area contributed by atoms with Gasteiger partial charge in [0.05, 0.1) is 0 Å². The van der Waals surface area contributed by atoms with E-state index in [1.807, 2.05) is 0 Å². The summed E-state index contributed by atoms with van der Waals surface area (Å²) < 4.78 is 26.6. The first-order valence-corrected chi connectivity index (χ1v) is 5.93. The van der Waals surface area contributed by atoms with Crippen LogP contribution in [0.15, 0.2) is 11.1 Å². The second-order valence-electron chi connectivity index (χ2n) is 5.48. The Bertz CT molecular complexity index is 402. The zero-order valence-electron chi connectivity index (χ0n) is 9.20. The van der Waals surface area contributed by atoms with E-state index in [9.17, 15) is 18.7 Å². The van der Waals surface area contributed by atoms with Gasteiger partial charge >= 0.3 is 11.9 Å². The Balaban J connectivity index is 1.93. The van der Waals surface area contributed by atoms with E-state index in [1.165, 1.54) is 0 Å². The fraction of sp³-hybridized carbons (Fsp3) is 0.750. The molecule has 94 valence electrons. The first kappa shape index (κ1) is 11.1. The fourth-order valence-corrected chi connectivity index (χ4v) is 3.84. The summed E-state index contributed by atoms with van der Waals surface area (Å²) in [5.41, 5.74) is 1.27. The number of allylic oxidation sites excluding steroid dienone is 1. The standard InChI is InChI=1S/C12H14F2O3/c13-12(14,11(16)17)10(15)8-3-5-1-6-4-7(2-5)9(6)8/h5-7,10,15H,1-4H2,(H,16,17)/t5?,6-,7?,10?/m0/s1. The molecule has 5 aliphatic rings. The topological polar surface area (TPSA) is 57.5 Å². The summed E-state index contributed by atoms with van der Waals surface area (Å²) in [5, 5.41) is 18.1. The first-order valence-electron chi connectivity index (χ1n) is 5.93. The van der Waals surface area contributed by atoms with E-state index in [0.29, 0.717) is 29.7 Å². The van der Waals surface area contributed by atoms with Crippen molar-refractivity contribution in [2.75, 3.05) is 0 Å². The van der Waals surface area contributed by atoms with Crippen LogP contribution in [0, 0.1) is 17.8 Å². The Labute approximate surface area is 97.1 Å². The lowest BCUT2D eigenvalue weighted by atomic mass is 9.51. The van der Waals surface area contributed by atoms with E-state index in [2.05, 4.69) is 0 Å². The number of hydrogen-bond donors (Lipinski definition) is 2. The average molecular weight is 244 g/mol. The maximum Gasteiger partial charge on any atom is 0.377 e. The molecule has 0 saturated heterocycles. The minimum Gasteiger partial charge on any atom is -0.477 e. The molecule has 3 fully saturated rings. The van der Waals surface area contributed by atoms with Gasteiger partial charge in [-0.15, -0.1) is 0 Å². The minimum absolute atomic E-state index is 0.321. The van der Waals surface area contributed by atoms with Crippen LogP contribution in [0.3, 0.4) is 0 Å². The normalized spacial score (nSPS) is 36.8. The van der Waals surface area contributed by atoms with Crippen LogP contribution in [-0.4, -0.2) is 28.2 Å². The molecular weight excluding hydrogens is 230 g/mol. The van der Waals surface area contributed by atoms with E-state index in [0.717, 1.165) is 24.8 Å². The summed E-state index contributed by atoms with van der Waals surface area (Å²) in [6, 6.07) is 0. The van der Waals surface area contributed by atoms with Crippen LogP contribution in [-0.2, 0) is 4.79 Å². The minimum atomic E-state index is -4.06. The van der Waals surface area contributed by atoms with Crippen molar-refractivity contribution >= 4 is 5.97 Å². The molecule has 4 bridgehead atoms. The molecule has 0 aromatic heterocycles. The average Bonchev–Trinajstić information content (AvgIpc) is 2.27. The van der Waals surface area contributed by atoms with Gasteiger partial charge in [-0.05, 0) is 49.0 Å². The molecule has 3 unspecified atom stereocenters. The van der Waals surface area contributed by atoms with Crippen molar-refractivity contribution in [1.29, 1.82) is 0 Å². The van der Waals surface area contributed by atoms with Crippen LogP contribution < -0.4 is 0 Å². The van der Waals surface area contributed by atoms with Gasteiger partial charge in [-0.2, -0.15) is 8.78 Å². The number of alkyl halides is 2. The first-order chi connectivity index (χ1) is 7.91. The Hall–Kier alpha value is -0.970. The van der Waals surface area contributed by atoms with E-state index < -0.39 is 18.0 Å². The Morgan fingerprint density at radius 2 is 1.88 bits per heavy atom. The van der Waals surface area contributed by atoms with Crippen LogP contribution in [0.1, 0.15) is 25.7 Å². The summed E-state index contributed by atoms with van der Waals surface area (Å²) in [4.78, 5) is 10.5. The lowest BCUT2D eigenvalue weighted by molar-refractivity contribution is -0.178. The number of fused-ring (bicyclic) bond motifs is 1. The van der Waals surface area contributed by atoms with Gasteiger partial charge in [-0.1, -0.05) is 5.57 Å². The molecule has 5 heteroatoms. The van der Waals surface area contributed by atoms with Crippen LogP contribution in [0.2, 0.25) is 0 Å². The SMILES string of the molecule is O=C(O)C(F)(F)C(O)C1=C2C3CC(C1)C[C@H]2C3. The Morgan fingerprint density at radius 1 is 1.29 bits per heavy atom. The fourth-order valence-electron chi connectivity index (χ4n) is 3.84. The van der Waals surface area contributed by atoms with Crippen molar-refractivity contribution in [1.82, 2.24) is 0 Å². The highest BCUT2D eigenvalue weighted by molar-refractivity contribution is 5.77. The van der Waals surface area contributed by atoms with Crippen LogP contribution >= 0.6 is 0 Å². The van der Waals surface area contributed by atoms with Crippen molar-refractivity contribution in [3.63, 3.8) is 0 Å². The van der Waals surface area contributed by atoms with Crippen LogP contribution in [0.25, 0.3) is 0 Å². The number of carbonyl (C=O) groups is 1. The molecule has 2 N–H and O–H groups in total. The zero-order chi connectivity index (χ0) is 12.4. The third-order valence-electron chi connectivity index (χ3n) is 4.52. The van der Waals surface area contributed by atoms with Crippen molar-refractivity contribution in [2.45, 2.75) is 37.7 Å². The smallest absolute Gasteiger partial charge is 0.377 e. The third-order valence-corrected chi connectivity index (χ3v) is 4.52. The van der Waals surface area contributed by atoms with Crippen molar-refractivity contribution in [2.24, 2.45) is 17.8 Å². The molecule has 5 rings (SSSR count). The van der Waals surface area contributed by atoms with Crippen LogP contribution in [0.4, 0.5) is 8.78 Å². The van der Waals surface area contributed by atoms with Gasteiger partial charge in [0.2, 0.25) is 0 Å². The van der Waals surface area contributed by atoms with Gasteiger partial charge in [0.1, 0.15) is 0 Å². The monoisotopic (exact) mass is 244 g/mol. The van der Waals surface area contributed by atoms with E-state index in [1.54, 1.807) is 0 Å². The molecule has 0 aromatic carbocycles. The molecule has 0 aliphatic heterocycles. The third kappa shape index (κ3) is 1.38. The largest absolute Gasteiger partial charge is 0.477 e. The molecule has 4 atom stereocenters. The van der Waals surface area contributed by atoms with Gasteiger partial charge < -0.3 is 10.2 Å². The second kappa shape index (κ2) is 3.28. The van der Waals surface area contributed by atoms with Gasteiger partial charge in [-0.25, -0.2) is 4.79 Å². The number of aliphatic hydroxyl groups is 1. The predicted molar refractivity (Wildman–Crippen MR) is 54.6 cm³/mol. The number of carboxylic acids is 1. The van der Waals surface area contributed by atoms with Crippen molar-refractivity contribution in [3.8, 4) is 0 Å². The summed E-state index contributed by atoms with van der Waals surface area (Å²) in [6.07, 6.45) is 1.40. The van der Waals surface area contributed by atoms with Gasteiger partial charge in [0, 0.05) is 0 Å². The Morgan fingerprint density at radius 3 is 2.35 bits per heavy atom. The molecule has 5 aliphatic carbocycles. The highest BCUT2D eigenvalue weighted by Crippen LogP contribution is 2.60. The molecule has 0 aromatic rings. The van der Waals surface area contributed by atoms with E-state index in [4.69, 9.17) is 5.11 Å². The highest BCUT2D eigenvalue weighted by Gasteiger charge is 2.55. The predicted octanol–water partition coefficient (Wildman–Crippen LogP) is 1.81. The summed E-state index contributed by atoms with van der Waals surface area (Å²) in [7, 11) is 0. The molecule has 3 saturated carbocycles. The number of carboxylic acid groups (broad SMARTS) is 1. The van der Waals surface area contributed by atoms with E-state index >= 15 is 0 Å². The van der Waals surface area contributed by atoms with Gasteiger partial charge in [0.15, 0.2) is 6.10 Å². The van der Waals surface area contributed by atoms with Crippen molar-refractivity contribution < 1.29 is 23.8 Å². The number of hydrogen-bond acceptors (Lipinski definition) is 2. The number of rotatable bonds is 3. The molecular formula is C12H14F2O3.